The number of hydrogen-bond donors (Lipinski definition) is 0. The van der Waals surface area contributed by atoms with Crippen LogP contribution in [-0.4, -0.2) is 5.78 Å². The molecule has 0 saturated carbocycles. The molecule has 2 heteroatoms. The smallest absolute Gasteiger partial charge is 0.129 e. The number of rotatable bonds is 9. The van der Waals surface area contributed by atoms with Crippen LogP contribution in [0.2, 0.25) is 0 Å². The van der Waals surface area contributed by atoms with Crippen molar-refractivity contribution in [2.45, 2.75) is 72.1 Å². The van der Waals surface area contributed by atoms with Gasteiger partial charge in [0.25, 0.3) is 0 Å². The molecule has 0 aliphatic carbocycles. The Morgan fingerprint density at radius 1 is 1.00 bits per heavy atom. The van der Waals surface area contributed by atoms with Crippen molar-refractivity contribution < 1.29 is 17.2 Å². The molecule has 0 N–H and O–H groups in total. The van der Waals surface area contributed by atoms with Crippen LogP contribution >= 0.6 is 0 Å². The molecule has 0 aliphatic heterocycles. The molecule has 0 heterocycles. The predicted molar refractivity (Wildman–Crippen MR) is 62.5 cm³/mol. The van der Waals surface area contributed by atoms with Gasteiger partial charge >= 0.3 is 0 Å². The third kappa shape index (κ3) is 11.9. The largest absolute Gasteiger partial charge is 1.00 e. The van der Waals surface area contributed by atoms with Crippen LogP contribution in [0.15, 0.2) is 0 Å². The minimum Gasteiger partial charge on any atom is -1.00 e. The molecular weight excluding hydrogens is 208 g/mol. The van der Waals surface area contributed by atoms with E-state index in [-0.39, 0.29) is 12.4 Å². The standard InChI is InChI=1S/C13H26O.ClH/c1-4-8-13(9-5-2)11-7-6-10-12(3)14;/h13H,4-11H2,1-3H3;1H/p-1. The van der Waals surface area contributed by atoms with E-state index < -0.39 is 0 Å². The summed E-state index contributed by atoms with van der Waals surface area (Å²) in [5.41, 5.74) is 0. The highest BCUT2D eigenvalue weighted by Crippen LogP contribution is 2.20. The number of carbonyl (C=O) groups is 1. The van der Waals surface area contributed by atoms with Gasteiger partial charge in [-0.3, -0.25) is 0 Å². The van der Waals surface area contributed by atoms with Gasteiger partial charge in [-0.15, -0.1) is 0 Å². The van der Waals surface area contributed by atoms with Gasteiger partial charge in [0.15, 0.2) is 0 Å². The Morgan fingerprint density at radius 2 is 1.53 bits per heavy atom. The molecule has 15 heavy (non-hydrogen) atoms. The summed E-state index contributed by atoms with van der Waals surface area (Å²) in [6.07, 6.45) is 9.79. The van der Waals surface area contributed by atoms with Crippen molar-refractivity contribution in [1.82, 2.24) is 0 Å². The van der Waals surface area contributed by atoms with Crippen LogP contribution in [0.3, 0.4) is 0 Å². The van der Waals surface area contributed by atoms with Crippen molar-refractivity contribution in [3.63, 3.8) is 0 Å². The molecule has 0 amide bonds. The summed E-state index contributed by atoms with van der Waals surface area (Å²) < 4.78 is 0. The molecule has 0 aliphatic rings. The van der Waals surface area contributed by atoms with Gasteiger partial charge in [0.2, 0.25) is 0 Å². The second-order valence-corrected chi connectivity index (χ2v) is 4.39. The highest BCUT2D eigenvalue weighted by molar-refractivity contribution is 5.75. The quantitative estimate of drug-likeness (QED) is 0.550. The summed E-state index contributed by atoms with van der Waals surface area (Å²) >= 11 is 0. The van der Waals surface area contributed by atoms with Crippen LogP contribution in [0, 0.1) is 5.92 Å². The normalized spacial score (nSPS) is 10.1. The lowest BCUT2D eigenvalue weighted by atomic mass is 9.92. The Labute approximate surface area is 101 Å². The van der Waals surface area contributed by atoms with E-state index >= 15 is 0 Å². The van der Waals surface area contributed by atoms with E-state index in [4.69, 9.17) is 0 Å². The molecule has 1 nitrogen and oxygen atoms in total. The van der Waals surface area contributed by atoms with E-state index in [9.17, 15) is 4.79 Å². The molecule has 0 aromatic carbocycles. The highest BCUT2D eigenvalue weighted by atomic mass is 35.5. The fourth-order valence-electron chi connectivity index (χ4n) is 2.06. The van der Waals surface area contributed by atoms with Crippen LogP contribution in [0.5, 0.6) is 0 Å². The zero-order valence-electron chi connectivity index (χ0n) is 10.5. The second kappa shape index (κ2) is 12.0. The van der Waals surface area contributed by atoms with Gasteiger partial charge in [-0.25, -0.2) is 0 Å². The molecule has 0 aromatic heterocycles. The average Bonchev–Trinajstić information content (AvgIpc) is 2.12. The van der Waals surface area contributed by atoms with E-state index in [1.807, 2.05) is 0 Å². The topological polar surface area (TPSA) is 17.1 Å². The monoisotopic (exact) mass is 233 g/mol. The first-order valence-electron chi connectivity index (χ1n) is 6.20. The summed E-state index contributed by atoms with van der Waals surface area (Å²) in [6, 6.07) is 0. The summed E-state index contributed by atoms with van der Waals surface area (Å²) in [7, 11) is 0. The van der Waals surface area contributed by atoms with Crippen LogP contribution in [0.25, 0.3) is 0 Å². The Bertz CT molecular complexity index is 139. The minimum absolute atomic E-state index is 0. The SMILES string of the molecule is CCCC(CCC)CCCCC(C)=O.[Cl-]. The molecule has 0 radical (unpaired) electrons. The highest BCUT2D eigenvalue weighted by Gasteiger charge is 2.06. The lowest BCUT2D eigenvalue weighted by molar-refractivity contribution is -0.117. The van der Waals surface area contributed by atoms with Crippen molar-refractivity contribution in [3.05, 3.63) is 0 Å². The van der Waals surface area contributed by atoms with E-state index in [0.29, 0.717) is 5.78 Å². The number of carbonyl (C=O) groups excluding carboxylic acids is 1. The zero-order valence-corrected chi connectivity index (χ0v) is 11.3. The summed E-state index contributed by atoms with van der Waals surface area (Å²) in [5, 5.41) is 0. The van der Waals surface area contributed by atoms with Gasteiger partial charge in [0, 0.05) is 6.42 Å². The van der Waals surface area contributed by atoms with Crippen LogP contribution in [0.4, 0.5) is 0 Å². The maximum Gasteiger partial charge on any atom is 0.129 e. The maximum absolute atomic E-state index is 10.7. The summed E-state index contributed by atoms with van der Waals surface area (Å²) in [5.74, 6) is 1.25. The van der Waals surface area contributed by atoms with Crippen molar-refractivity contribution in [1.29, 1.82) is 0 Å². The van der Waals surface area contributed by atoms with E-state index in [0.717, 1.165) is 18.8 Å². The molecule has 0 atom stereocenters. The molecule has 0 saturated heterocycles. The number of ketones is 1. The van der Waals surface area contributed by atoms with Gasteiger partial charge in [-0.05, 0) is 19.3 Å². The van der Waals surface area contributed by atoms with Crippen LogP contribution in [0.1, 0.15) is 72.1 Å². The first kappa shape index (κ1) is 17.4. The summed E-state index contributed by atoms with van der Waals surface area (Å²) in [6.45, 7) is 6.21. The van der Waals surface area contributed by atoms with Gasteiger partial charge in [-0.1, -0.05) is 52.4 Å². The Kier molecular flexibility index (Phi) is 13.9. The van der Waals surface area contributed by atoms with E-state index in [2.05, 4.69) is 13.8 Å². The lowest BCUT2D eigenvalue weighted by Gasteiger charge is -2.14. The lowest BCUT2D eigenvalue weighted by Crippen LogP contribution is -3.00. The number of halogens is 1. The summed E-state index contributed by atoms with van der Waals surface area (Å²) in [4.78, 5) is 10.7. The fraction of sp³-hybridized carbons (Fsp3) is 0.923. The average molecular weight is 234 g/mol. The van der Waals surface area contributed by atoms with Gasteiger partial charge < -0.3 is 17.2 Å². The van der Waals surface area contributed by atoms with Crippen LogP contribution in [-0.2, 0) is 4.79 Å². The molecule has 0 aromatic rings. The Hall–Kier alpha value is -0.0400. The van der Waals surface area contributed by atoms with Crippen molar-refractivity contribution in [2.24, 2.45) is 5.92 Å². The number of Topliss-reactive ketones (excluding diaryl/α,β-unsaturated/α-hetero) is 1. The van der Waals surface area contributed by atoms with Crippen LogP contribution < -0.4 is 12.4 Å². The van der Waals surface area contributed by atoms with Gasteiger partial charge in [0.05, 0.1) is 0 Å². The molecule has 92 valence electrons. The fourth-order valence-corrected chi connectivity index (χ4v) is 2.06. The number of hydrogen-bond acceptors (Lipinski definition) is 1. The zero-order chi connectivity index (χ0) is 10.8. The third-order valence-electron chi connectivity index (χ3n) is 2.79. The first-order chi connectivity index (χ1) is 6.70. The Morgan fingerprint density at radius 3 is 1.93 bits per heavy atom. The van der Waals surface area contributed by atoms with E-state index in [1.54, 1.807) is 6.92 Å². The maximum atomic E-state index is 10.7. The van der Waals surface area contributed by atoms with E-state index in [1.165, 1.54) is 38.5 Å². The van der Waals surface area contributed by atoms with Crippen molar-refractivity contribution >= 4 is 5.78 Å². The Balaban J connectivity index is 0. The van der Waals surface area contributed by atoms with Crippen molar-refractivity contribution in [2.75, 3.05) is 0 Å². The van der Waals surface area contributed by atoms with Crippen molar-refractivity contribution in [3.8, 4) is 0 Å². The second-order valence-electron chi connectivity index (χ2n) is 4.39. The molecule has 0 rings (SSSR count). The molecule has 0 bridgehead atoms. The first-order valence-corrected chi connectivity index (χ1v) is 6.20. The molecule has 0 unspecified atom stereocenters. The molecular formula is C13H26ClO-. The third-order valence-corrected chi connectivity index (χ3v) is 2.79. The van der Waals surface area contributed by atoms with Gasteiger partial charge in [-0.2, -0.15) is 0 Å². The number of unbranched alkanes of at least 4 members (excludes halogenated alkanes) is 1. The molecule has 0 fully saturated rings. The minimum atomic E-state index is 0. The van der Waals surface area contributed by atoms with Gasteiger partial charge in [0.1, 0.15) is 5.78 Å². The molecule has 0 spiro atoms. The predicted octanol–water partition coefficient (Wildman–Crippen LogP) is 1.36.